The highest BCUT2D eigenvalue weighted by molar-refractivity contribution is 7.88. The predicted molar refractivity (Wildman–Crippen MR) is 97.7 cm³/mol. The van der Waals surface area contributed by atoms with E-state index in [1.807, 2.05) is 25.1 Å². The van der Waals surface area contributed by atoms with Crippen molar-refractivity contribution in [3.63, 3.8) is 0 Å². The third-order valence-corrected chi connectivity index (χ3v) is 6.23. The average molecular weight is 382 g/mol. The van der Waals surface area contributed by atoms with Gasteiger partial charge in [0, 0.05) is 25.4 Å². The van der Waals surface area contributed by atoms with Crippen LogP contribution in [-0.4, -0.2) is 51.2 Å². The number of piperidine rings is 1. The SMILES string of the molecule is CC(NC(=O)C1CCN(S(C)(=O)=O)CC1)c1ccc2c(c1)OCCCO2. The molecule has 1 fully saturated rings. The first kappa shape index (κ1) is 19.0. The van der Waals surface area contributed by atoms with Crippen LogP contribution in [0.3, 0.4) is 0 Å². The van der Waals surface area contributed by atoms with Gasteiger partial charge in [0.2, 0.25) is 15.9 Å². The molecule has 0 saturated carbocycles. The molecule has 2 aliphatic heterocycles. The Hall–Kier alpha value is -1.80. The van der Waals surface area contributed by atoms with Crippen molar-refractivity contribution in [2.75, 3.05) is 32.6 Å². The number of nitrogens with zero attached hydrogens (tertiary/aromatic N) is 1. The molecule has 0 radical (unpaired) electrons. The summed E-state index contributed by atoms with van der Waals surface area (Å²) in [7, 11) is -3.18. The van der Waals surface area contributed by atoms with Crippen molar-refractivity contribution < 1.29 is 22.7 Å². The van der Waals surface area contributed by atoms with E-state index in [0.29, 0.717) is 44.9 Å². The summed E-state index contributed by atoms with van der Waals surface area (Å²) in [6.07, 6.45) is 3.15. The van der Waals surface area contributed by atoms with E-state index in [4.69, 9.17) is 9.47 Å². The number of hydrogen-bond acceptors (Lipinski definition) is 5. The van der Waals surface area contributed by atoms with Crippen LogP contribution in [0.15, 0.2) is 18.2 Å². The minimum Gasteiger partial charge on any atom is -0.490 e. The van der Waals surface area contributed by atoms with Crippen LogP contribution in [0.4, 0.5) is 0 Å². The van der Waals surface area contributed by atoms with Crippen molar-refractivity contribution in [3.8, 4) is 11.5 Å². The molecular formula is C18H26N2O5S. The number of benzene rings is 1. The van der Waals surface area contributed by atoms with Gasteiger partial charge in [0.05, 0.1) is 25.5 Å². The number of ether oxygens (including phenoxy) is 2. The van der Waals surface area contributed by atoms with E-state index in [0.717, 1.165) is 17.7 Å². The quantitative estimate of drug-likeness (QED) is 0.857. The minimum absolute atomic E-state index is 0.0298. The third-order valence-electron chi connectivity index (χ3n) is 4.92. The number of hydrogen-bond donors (Lipinski definition) is 1. The lowest BCUT2D eigenvalue weighted by Gasteiger charge is -2.30. The van der Waals surface area contributed by atoms with Crippen LogP contribution in [0, 0.1) is 5.92 Å². The second-order valence-electron chi connectivity index (χ2n) is 6.92. The molecule has 1 amide bonds. The van der Waals surface area contributed by atoms with E-state index >= 15 is 0 Å². The van der Waals surface area contributed by atoms with E-state index in [1.165, 1.54) is 10.6 Å². The Labute approximate surface area is 154 Å². The maximum atomic E-state index is 12.5. The number of sulfonamides is 1. The Morgan fingerprint density at radius 2 is 1.85 bits per heavy atom. The molecule has 1 N–H and O–H groups in total. The average Bonchev–Trinajstić information content (AvgIpc) is 2.85. The number of carbonyl (C=O) groups is 1. The Bertz CT molecular complexity index is 757. The number of fused-ring (bicyclic) bond motifs is 1. The largest absolute Gasteiger partial charge is 0.490 e. The van der Waals surface area contributed by atoms with Crippen LogP contribution in [0.2, 0.25) is 0 Å². The monoisotopic (exact) mass is 382 g/mol. The first-order valence-corrected chi connectivity index (χ1v) is 10.8. The number of rotatable bonds is 4. The van der Waals surface area contributed by atoms with Crippen molar-refractivity contribution in [3.05, 3.63) is 23.8 Å². The zero-order chi connectivity index (χ0) is 18.7. The van der Waals surface area contributed by atoms with Gasteiger partial charge in [-0.3, -0.25) is 4.79 Å². The molecule has 144 valence electrons. The van der Waals surface area contributed by atoms with Crippen LogP contribution in [-0.2, 0) is 14.8 Å². The second kappa shape index (κ2) is 7.84. The molecule has 3 rings (SSSR count). The Morgan fingerprint density at radius 3 is 2.50 bits per heavy atom. The molecule has 1 aromatic carbocycles. The fraction of sp³-hybridized carbons (Fsp3) is 0.611. The van der Waals surface area contributed by atoms with E-state index in [-0.39, 0.29) is 17.9 Å². The smallest absolute Gasteiger partial charge is 0.223 e. The summed E-state index contributed by atoms with van der Waals surface area (Å²) in [5.41, 5.74) is 0.955. The maximum absolute atomic E-state index is 12.5. The first-order chi connectivity index (χ1) is 12.3. The van der Waals surface area contributed by atoms with Gasteiger partial charge in [-0.25, -0.2) is 12.7 Å². The zero-order valence-electron chi connectivity index (χ0n) is 15.2. The highest BCUT2D eigenvalue weighted by Crippen LogP contribution is 2.32. The number of nitrogens with one attached hydrogen (secondary N) is 1. The molecule has 8 heteroatoms. The van der Waals surface area contributed by atoms with Gasteiger partial charge in [-0.05, 0) is 37.5 Å². The zero-order valence-corrected chi connectivity index (χ0v) is 16.0. The third kappa shape index (κ3) is 4.48. The fourth-order valence-electron chi connectivity index (χ4n) is 3.31. The summed E-state index contributed by atoms with van der Waals surface area (Å²) in [6.45, 7) is 3.99. The van der Waals surface area contributed by atoms with Gasteiger partial charge in [-0.1, -0.05) is 6.07 Å². The highest BCUT2D eigenvalue weighted by Gasteiger charge is 2.29. The lowest BCUT2D eigenvalue weighted by Crippen LogP contribution is -2.43. The van der Waals surface area contributed by atoms with E-state index in [2.05, 4.69) is 5.32 Å². The van der Waals surface area contributed by atoms with Crippen molar-refractivity contribution in [2.45, 2.75) is 32.2 Å². The van der Waals surface area contributed by atoms with Gasteiger partial charge in [-0.2, -0.15) is 0 Å². The van der Waals surface area contributed by atoms with Crippen molar-refractivity contribution >= 4 is 15.9 Å². The predicted octanol–water partition coefficient (Wildman–Crippen LogP) is 1.70. The molecule has 0 aromatic heterocycles. The molecule has 2 aliphatic rings. The van der Waals surface area contributed by atoms with E-state index < -0.39 is 10.0 Å². The first-order valence-electron chi connectivity index (χ1n) is 8.99. The second-order valence-corrected chi connectivity index (χ2v) is 8.91. The van der Waals surface area contributed by atoms with E-state index in [9.17, 15) is 13.2 Å². The number of carbonyl (C=O) groups excluding carboxylic acids is 1. The Balaban J connectivity index is 1.59. The molecule has 2 heterocycles. The van der Waals surface area contributed by atoms with Crippen molar-refractivity contribution in [2.24, 2.45) is 5.92 Å². The topological polar surface area (TPSA) is 84.9 Å². The van der Waals surface area contributed by atoms with E-state index in [1.54, 1.807) is 0 Å². The molecule has 0 spiro atoms. The van der Waals surface area contributed by atoms with Gasteiger partial charge in [0.1, 0.15) is 0 Å². The minimum atomic E-state index is -3.18. The van der Waals surface area contributed by atoms with Crippen LogP contribution in [0.25, 0.3) is 0 Å². The summed E-state index contributed by atoms with van der Waals surface area (Å²) in [6, 6.07) is 5.57. The van der Waals surface area contributed by atoms with Gasteiger partial charge < -0.3 is 14.8 Å². The standard InChI is InChI=1S/C18H26N2O5S/c1-13(15-4-5-16-17(12-15)25-11-3-10-24-16)19-18(21)14-6-8-20(9-7-14)26(2,22)23/h4-5,12-14H,3,6-11H2,1-2H3,(H,19,21). The van der Waals surface area contributed by atoms with Gasteiger partial charge >= 0.3 is 0 Å². The van der Waals surface area contributed by atoms with Gasteiger partial charge in [0.25, 0.3) is 0 Å². The Morgan fingerprint density at radius 1 is 1.19 bits per heavy atom. The summed E-state index contributed by atoms with van der Waals surface area (Å²) in [5, 5.41) is 3.04. The highest BCUT2D eigenvalue weighted by atomic mass is 32.2. The lowest BCUT2D eigenvalue weighted by molar-refractivity contribution is -0.126. The van der Waals surface area contributed by atoms with Gasteiger partial charge in [0.15, 0.2) is 11.5 Å². The van der Waals surface area contributed by atoms with Crippen LogP contribution in [0.5, 0.6) is 11.5 Å². The van der Waals surface area contributed by atoms with Crippen LogP contribution >= 0.6 is 0 Å². The molecule has 0 bridgehead atoms. The summed E-state index contributed by atoms with van der Waals surface area (Å²) >= 11 is 0. The molecule has 26 heavy (non-hydrogen) atoms. The summed E-state index contributed by atoms with van der Waals surface area (Å²) in [5.74, 6) is 1.26. The fourth-order valence-corrected chi connectivity index (χ4v) is 4.19. The normalized spacial score (nSPS) is 20.2. The molecule has 1 atom stereocenters. The van der Waals surface area contributed by atoms with Crippen LogP contribution in [0.1, 0.15) is 37.8 Å². The maximum Gasteiger partial charge on any atom is 0.223 e. The summed E-state index contributed by atoms with van der Waals surface area (Å²) < 4.78 is 35.9. The molecular weight excluding hydrogens is 356 g/mol. The van der Waals surface area contributed by atoms with Gasteiger partial charge in [-0.15, -0.1) is 0 Å². The summed E-state index contributed by atoms with van der Waals surface area (Å²) in [4.78, 5) is 12.5. The lowest BCUT2D eigenvalue weighted by atomic mass is 9.96. The number of amides is 1. The van der Waals surface area contributed by atoms with Crippen LogP contribution < -0.4 is 14.8 Å². The molecule has 1 saturated heterocycles. The molecule has 1 aromatic rings. The molecule has 1 unspecified atom stereocenters. The molecule has 0 aliphatic carbocycles. The molecule has 7 nitrogen and oxygen atoms in total. The van der Waals surface area contributed by atoms with Crippen molar-refractivity contribution in [1.29, 1.82) is 0 Å². The Kier molecular flexibility index (Phi) is 5.72. The van der Waals surface area contributed by atoms with Crippen molar-refractivity contribution in [1.82, 2.24) is 9.62 Å².